The lowest BCUT2D eigenvalue weighted by Gasteiger charge is -2.17. The summed E-state index contributed by atoms with van der Waals surface area (Å²) in [6, 6.07) is -0.0114. The number of nitrogens with zero attached hydrogens (tertiary/aromatic N) is 2. The van der Waals surface area contributed by atoms with Gasteiger partial charge < -0.3 is 15.2 Å². The molecular weight excluding hydrogens is 234 g/mol. The number of carbonyl (C=O) groups excluding carboxylic acids is 1. The maximum atomic E-state index is 11.6. The molecule has 2 N–H and O–H groups in total. The number of aliphatic hydroxyl groups excluding tert-OH is 1. The second-order valence-corrected chi connectivity index (χ2v) is 4.30. The highest BCUT2D eigenvalue weighted by atomic mass is 16.5. The van der Waals surface area contributed by atoms with Crippen molar-refractivity contribution < 1.29 is 14.6 Å². The van der Waals surface area contributed by atoms with Crippen LogP contribution < -0.4 is 5.32 Å². The van der Waals surface area contributed by atoms with Crippen LogP contribution in [0.2, 0.25) is 0 Å². The first-order valence-electron chi connectivity index (χ1n) is 5.80. The molecule has 1 heterocycles. The summed E-state index contributed by atoms with van der Waals surface area (Å²) >= 11 is 0. The summed E-state index contributed by atoms with van der Waals surface area (Å²) in [6.07, 6.45) is 1.58. The van der Waals surface area contributed by atoms with Crippen LogP contribution in [-0.4, -0.2) is 40.3 Å². The van der Waals surface area contributed by atoms with Crippen molar-refractivity contribution in [3.63, 3.8) is 0 Å². The zero-order valence-corrected chi connectivity index (χ0v) is 11.1. The van der Waals surface area contributed by atoms with Crippen LogP contribution in [0.15, 0.2) is 6.20 Å². The van der Waals surface area contributed by atoms with Crippen LogP contribution in [0.4, 0.5) is 5.82 Å². The topological polar surface area (TPSA) is 84.3 Å². The monoisotopic (exact) mass is 253 g/mol. The lowest BCUT2D eigenvalue weighted by Crippen LogP contribution is -2.23. The molecular formula is C12H19N3O3. The molecule has 0 aliphatic rings. The standard InChI is InChI=1S/C12H19N3O3/c1-7(5-8(2)16)14-11-10(12(17)18-4)6-13-9(3)15-11/h6-8,16H,5H2,1-4H3,(H,13,14,15). The number of nitrogens with one attached hydrogen (secondary N) is 1. The van der Waals surface area contributed by atoms with Gasteiger partial charge in [-0.3, -0.25) is 0 Å². The van der Waals surface area contributed by atoms with E-state index in [-0.39, 0.29) is 6.04 Å². The fraction of sp³-hybridized carbons (Fsp3) is 0.583. The summed E-state index contributed by atoms with van der Waals surface area (Å²) in [5, 5.41) is 12.4. The molecule has 18 heavy (non-hydrogen) atoms. The quantitative estimate of drug-likeness (QED) is 0.766. The van der Waals surface area contributed by atoms with Gasteiger partial charge in [-0.15, -0.1) is 0 Å². The van der Waals surface area contributed by atoms with Crippen molar-refractivity contribution in [2.45, 2.75) is 39.3 Å². The Morgan fingerprint density at radius 1 is 1.56 bits per heavy atom. The second-order valence-electron chi connectivity index (χ2n) is 4.30. The molecule has 0 aliphatic heterocycles. The normalized spacial score (nSPS) is 13.8. The van der Waals surface area contributed by atoms with Gasteiger partial charge in [-0.05, 0) is 27.2 Å². The fourth-order valence-corrected chi connectivity index (χ4v) is 1.64. The van der Waals surface area contributed by atoms with Gasteiger partial charge in [-0.2, -0.15) is 0 Å². The largest absolute Gasteiger partial charge is 0.465 e. The number of hydrogen-bond donors (Lipinski definition) is 2. The van der Waals surface area contributed by atoms with E-state index in [4.69, 9.17) is 0 Å². The molecule has 1 aromatic rings. The number of aliphatic hydroxyl groups is 1. The molecule has 1 aromatic heterocycles. The number of hydrogen-bond acceptors (Lipinski definition) is 6. The molecule has 6 nitrogen and oxygen atoms in total. The van der Waals surface area contributed by atoms with Crippen molar-refractivity contribution in [1.82, 2.24) is 9.97 Å². The minimum absolute atomic E-state index is 0.0114. The van der Waals surface area contributed by atoms with E-state index >= 15 is 0 Å². The summed E-state index contributed by atoms with van der Waals surface area (Å²) in [5.41, 5.74) is 0.292. The van der Waals surface area contributed by atoms with Gasteiger partial charge in [0.05, 0.1) is 13.2 Å². The van der Waals surface area contributed by atoms with E-state index in [2.05, 4.69) is 20.0 Å². The van der Waals surface area contributed by atoms with Crippen LogP contribution in [0.3, 0.4) is 0 Å². The Bertz CT molecular complexity index is 421. The molecule has 100 valence electrons. The van der Waals surface area contributed by atoms with Crippen molar-refractivity contribution in [2.75, 3.05) is 12.4 Å². The highest BCUT2D eigenvalue weighted by Gasteiger charge is 2.16. The van der Waals surface area contributed by atoms with Crippen molar-refractivity contribution >= 4 is 11.8 Å². The maximum absolute atomic E-state index is 11.6. The highest BCUT2D eigenvalue weighted by Crippen LogP contribution is 2.15. The van der Waals surface area contributed by atoms with E-state index in [1.807, 2.05) is 6.92 Å². The summed E-state index contributed by atoms with van der Waals surface area (Å²) in [5.74, 6) is 0.513. The molecule has 2 atom stereocenters. The van der Waals surface area contributed by atoms with Gasteiger partial charge >= 0.3 is 5.97 Å². The summed E-state index contributed by atoms with van der Waals surface area (Å²) in [4.78, 5) is 19.7. The van der Waals surface area contributed by atoms with E-state index < -0.39 is 12.1 Å². The number of aryl methyl sites for hydroxylation is 1. The number of anilines is 1. The number of rotatable bonds is 5. The summed E-state index contributed by atoms with van der Waals surface area (Å²) in [6.45, 7) is 5.36. The number of methoxy groups -OCH3 is 1. The molecule has 0 aliphatic carbocycles. The third-order valence-electron chi connectivity index (χ3n) is 2.39. The first-order valence-corrected chi connectivity index (χ1v) is 5.80. The van der Waals surface area contributed by atoms with Gasteiger partial charge in [0.2, 0.25) is 0 Å². The van der Waals surface area contributed by atoms with E-state index in [1.165, 1.54) is 13.3 Å². The van der Waals surface area contributed by atoms with Crippen LogP contribution >= 0.6 is 0 Å². The average Bonchev–Trinajstić information content (AvgIpc) is 2.27. The molecule has 6 heteroatoms. The first kappa shape index (κ1) is 14.4. The van der Waals surface area contributed by atoms with Crippen molar-refractivity contribution in [3.8, 4) is 0 Å². The Morgan fingerprint density at radius 3 is 2.78 bits per heavy atom. The third-order valence-corrected chi connectivity index (χ3v) is 2.39. The van der Waals surface area contributed by atoms with Gasteiger partial charge in [-0.25, -0.2) is 14.8 Å². The van der Waals surface area contributed by atoms with Gasteiger partial charge in [0, 0.05) is 12.2 Å². The molecule has 1 rings (SSSR count). The molecule has 0 bridgehead atoms. The van der Waals surface area contributed by atoms with Gasteiger partial charge in [0.15, 0.2) is 0 Å². The zero-order chi connectivity index (χ0) is 13.7. The predicted octanol–water partition coefficient (Wildman–Crippen LogP) is 1.14. The Hall–Kier alpha value is -1.69. The number of aromatic nitrogens is 2. The second kappa shape index (κ2) is 6.30. The number of ether oxygens (including phenoxy) is 1. The Morgan fingerprint density at radius 2 is 2.22 bits per heavy atom. The molecule has 0 spiro atoms. The Labute approximate surface area is 106 Å². The van der Waals surface area contributed by atoms with E-state index in [9.17, 15) is 9.90 Å². The smallest absolute Gasteiger partial charge is 0.343 e. The minimum Gasteiger partial charge on any atom is -0.465 e. The van der Waals surface area contributed by atoms with Crippen LogP contribution in [0.25, 0.3) is 0 Å². The molecule has 0 saturated carbocycles. The predicted molar refractivity (Wildman–Crippen MR) is 67.5 cm³/mol. The SMILES string of the molecule is COC(=O)c1cnc(C)nc1NC(C)CC(C)O. The molecule has 0 amide bonds. The maximum Gasteiger partial charge on any atom is 0.343 e. The van der Waals surface area contributed by atoms with Crippen LogP contribution in [0, 0.1) is 6.92 Å². The lowest BCUT2D eigenvalue weighted by atomic mass is 10.1. The van der Waals surface area contributed by atoms with Crippen LogP contribution in [0.1, 0.15) is 36.5 Å². The van der Waals surface area contributed by atoms with Gasteiger partial charge in [-0.1, -0.05) is 0 Å². The van der Waals surface area contributed by atoms with E-state index in [0.717, 1.165) is 0 Å². The molecule has 0 saturated heterocycles. The van der Waals surface area contributed by atoms with E-state index in [1.54, 1.807) is 13.8 Å². The molecule has 0 radical (unpaired) electrons. The van der Waals surface area contributed by atoms with Crippen LogP contribution in [0.5, 0.6) is 0 Å². The Kier molecular flexibility index (Phi) is 5.03. The molecule has 2 unspecified atom stereocenters. The molecule has 0 aromatic carbocycles. The first-order chi connectivity index (χ1) is 8.43. The van der Waals surface area contributed by atoms with Crippen LogP contribution in [-0.2, 0) is 4.74 Å². The summed E-state index contributed by atoms with van der Waals surface area (Å²) in [7, 11) is 1.31. The van der Waals surface area contributed by atoms with Crippen molar-refractivity contribution in [1.29, 1.82) is 0 Å². The minimum atomic E-state index is -0.484. The lowest BCUT2D eigenvalue weighted by molar-refractivity contribution is 0.0601. The van der Waals surface area contributed by atoms with Gasteiger partial charge in [0.25, 0.3) is 0 Å². The fourth-order valence-electron chi connectivity index (χ4n) is 1.64. The van der Waals surface area contributed by atoms with Crippen molar-refractivity contribution in [3.05, 3.63) is 17.6 Å². The summed E-state index contributed by atoms with van der Waals surface area (Å²) < 4.78 is 4.67. The zero-order valence-electron chi connectivity index (χ0n) is 11.1. The Balaban J connectivity index is 2.92. The van der Waals surface area contributed by atoms with Crippen molar-refractivity contribution in [2.24, 2.45) is 0 Å². The van der Waals surface area contributed by atoms with Gasteiger partial charge in [0.1, 0.15) is 17.2 Å². The number of carbonyl (C=O) groups is 1. The average molecular weight is 253 g/mol. The van der Waals surface area contributed by atoms with E-state index in [0.29, 0.717) is 23.6 Å². The number of esters is 1. The third kappa shape index (κ3) is 3.96. The molecule has 0 fully saturated rings. The highest BCUT2D eigenvalue weighted by molar-refractivity contribution is 5.94.